The van der Waals surface area contributed by atoms with Gasteiger partial charge in [0.2, 0.25) is 11.9 Å². The summed E-state index contributed by atoms with van der Waals surface area (Å²) in [5, 5.41) is 11.9. The summed E-state index contributed by atoms with van der Waals surface area (Å²) in [6, 6.07) is 14.8. The van der Waals surface area contributed by atoms with Crippen LogP contribution < -0.4 is 15.0 Å². The third kappa shape index (κ3) is 3.58. The number of amides is 1. The molecule has 8 nitrogen and oxygen atoms in total. The number of fused-ring (bicyclic) bond motifs is 3. The molecule has 0 radical (unpaired) electrons. The number of nitrogens with zero attached hydrogens (tertiary/aromatic N) is 4. The maximum absolute atomic E-state index is 12.7. The van der Waals surface area contributed by atoms with Gasteiger partial charge in [-0.15, -0.1) is 5.11 Å². The topological polar surface area (TPSA) is 87.9 Å². The highest BCUT2D eigenvalue weighted by Gasteiger charge is 2.40. The van der Waals surface area contributed by atoms with Gasteiger partial charge in [-0.3, -0.25) is 14.7 Å². The fourth-order valence-electron chi connectivity index (χ4n) is 3.59. The molecule has 4 rings (SSSR count). The fraction of sp³-hybridized carbons (Fsp3) is 0.333. The molecule has 8 heteroatoms. The van der Waals surface area contributed by atoms with Crippen molar-refractivity contribution in [1.82, 2.24) is 5.32 Å². The Hall–Kier alpha value is -3.26. The van der Waals surface area contributed by atoms with Crippen molar-refractivity contribution >= 4 is 17.6 Å². The van der Waals surface area contributed by atoms with Crippen LogP contribution >= 0.6 is 0 Å². The summed E-state index contributed by atoms with van der Waals surface area (Å²) in [7, 11) is 1.62. The average molecular weight is 393 g/mol. The summed E-state index contributed by atoms with van der Waals surface area (Å²) >= 11 is 0. The molecule has 0 aromatic heterocycles. The van der Waals surface area contributed by atoms with Crippen LogP contribution in [0.25, 0.3) is 0 Å². The number of anilines is 1. The summed E-state index contributed by atoms with van der Waals surface area (Å²) in [4.78, 5) is 18.7. The van der Waals surface area contributed by atoms with E-state index in [2.05, 4.69) is 20.5 Å². The summed E-state index contributed by atoms with van der Waals surface area (Å²) < 4.78 is 11.7. The molecule has 3 atom stereocenters. The lowest BCUT2D eigenvalue weighted by molar-refractivity contribution is -0.121. The predicted octanol–water partition coefficient (Wildman–Crippen LogP) is 3.58. The van der Waals surface area contributed by atoms with E-state index in [1.165, 1.54) is 6.92 Å². The van der Waals surface area contributed by atoms with Gasteiger partial charge in [0.05, 0.1) is 12.8 Å². The Morgan fingerprint density at radius 2 is 2.00 bits per heavy atom. The molecule has 1 amide bonds. The van der Waals surface area contributed by atoms with Gasteiger partial charge < -0.3 is 14.8 Å². The van der Waals surface area contributed by atoms with E-state index in [0.717, 1.165) is 22.6 Å². The molecular formula is C21H23N5O3. The van der Waals surface area contributed by atoms with Gasteiger partial charge in [-0.2, -0.15) is 5.11 Å². The normalized spacial score (nSPS) is 24.3. The number of ether oxygens (including phenoxy) is 2. The quantitative estimate of drug-likeness (QED) is 0.863. The number of guanidine groups is 1. The van der Waals surface area contributed by atoms with Crippen molar-refractivity contribution in [2.75, 3.05) is 18.6 Å². The van der Waals surface area contributed by atoms with Crippen LogP contribution in [0.15, 0.2) is 63.8 Å². The molecule has 0 saturated heterocycles. The first-order chi connectivity index (χ1) is 14.1. The van der Waals surface area contributed by atoms with E-state index in [1.807, 2.05) is 55.5 Å². The van der Waals surface area contributed by atoms with Gasteiger partial charge in [-0.1, -0.05) is 30.3 Å². The van der Waals surface area contributed by atoms with E-state index in [9.17, 15) is 4.79 Å². The third-order valence-electron chi connectivity index (χ3n) is 4.91. The molecule has 0 bridgehead atoms. The molecule has 2 aromatic rings. The van der Waals surface area contributed by atoms with Crippen LogP contribution in [0.2, 0.25) is 0 Å². The van der Waals surface area contributed by atoms with Crippen LogP contribution in [0.3, 0.4) is 0 Å². The smallest absolute Gasteiger partial charge is 0.239 e. The van der Waals surface area contributed by atoms with Gasteiger partial charge in [0, 0.05) is 24.6 Å². The Balaban J connectivity index is 1.84. The molecular weight excluding hydrogens is 370 g/mol. The number of aliphatic imine (C=N–C) groups is 1. The van der Waals surface area contributed by atoms with Crippen molar-refractivity contribution in [2.45, 2.75) is 32.3 Å². The lowest BCUT2D eigenvalue weighted by Gasteiger charge is -2.32. The van der Waals surface area contributed by atoms with Crippen molar-refractivity contribution in [3.05, 3.63) is 59.7 Å². The van der Waals surface area contributed by atoms with E-state index in [0.29, 0.717) is 12.5 Å². The number of carbonyl (C=O) groups is 1. The summed E-state index contributed by atoms with van der Waals surface area (Å²) in [6.45, 7) is 4.04. The highest BCUT2D eigenvalue weighted by atomic mass is 16.5. The fourth-order valence-corrected chi connectivity index (χ4v) is 3.59. The first-order valence-corrected chi connectivity index (χ1v) is 9.52. The van der Waals surface area contributed by atoms with Gasteiger partial charge >= 0.3 is 0 Å². The number of azo groups is 1. The Morgan fingerprint density at radius 1 is 1.24 bits per heavy atom. The van der Waals surface area contributed by atoms with Crippen molar-refractivity contribution in [3.63, 3.8) is 0 Å². The number of hydrogen-bond donors (Lipinski definition) is 1. The van der Waals surface area contributed by atoms with Crippen LogP contribution in [0, 0.1) is 0 Å². The van der Waals surface area contributed by atoms with Gasteiger partial charge in [0.1, 0.15) is 11.8 Å². The summed E-state index contributed by atoms with van der Waals surface area (Å²) in [6.07, 6.45) is -1.16. The van der Waals surface area contributed by atoms with Gasteiger partial charge in [-0.05, 0) is 25.1 Å². The van der Waals surface area contributed by atoms with Gasteiger partial charge in [-0.25, -0.2) is 0 Å². The van der Waals surface area contributed by atoms with Crippen LogP contribution in [0.5, 0.6) is 5.75 Å². The molecule has 0 saturated carbocycles. The van der Waals surface area contributed by atoms with E-state index >= 15 is 0 Å². The van der Waals surface area contributed by atoms with Gasteiger partial charge in [0.15, 0.2) is 12.5 Å². The second-order valence-electron chi connectivity index (χ2n) is 6.73. The van der Waals surface area contributed by atoms with Crippen LogP contribution in [0.1, 0.15) is 37.2 Å². The highest BCUT2D eigenvalue weighted by molar-refractivity contribution is 5.93. The second-order valence-corrected chi connectivity index (χ2v) is 6.73. The standard InChI is InChI=1S/C21H23N5O3/c1-4-22-21-23-19-18(24-25-21)16-7-5-6-8-17(16)26(13(2)27)20(29-19)14-9-11-15(28-3)12-10-14/h5-12,18-20H,4H2,1-3H3,(H,22,23). The Kier molecular flexibility index (Phi) is 5.26. The Bertz CT molecular complexity index is 957. The number of hydrogen-bond acceptors (Lipinski definition) is 5. The highest BCUT2D eigenvalue weighted by Crippen LogP contribution is 2.42. The molecule has 150 valence electrons. The first kappa shape index (κ1) is 19.1. The zero-order valence-electron chi connectivity index (χ0n) is 16.6. The number of benzene rings is 2. The van der Waals surface area contributed by atoms with E-state index in [1.54, 1.807) is 12.0 Å². The van der Waals surface area contributed by atoms with Crippen molar-refractivity contribution in [3.8, 4) is 5.75 Å². The molecule has 2 aliphatic heterocycles. The number of methoxy groups -OCH3 is 1. The monoisotopic (exact) mass is 393 g/mol. The van der Waals surface area contributed by atoms with Crippen molar-refractivity contribution in [2.24, 2.45) is 15.2 Å². The third-order valence-corrected chi connectivity index (χ3v) is 4.91. The van der Waals surface area contributed by atoms with E-state index in [4.69, 9.17) is 9.47 Å². The Morgan fingerprint density at radius 3 is 2.69 bits per heavy atom. The molecule has 1 N–H and O–H groups in total. The minimum Gasteiger partial charge on any atom is -0.497 e. The Labute approximate surface area is 169 Å². The van der Waals surface area contributed by atoms with Crippen molar-refractivity contribution in [1.29, 1.82) is 0 Å². The van der Waals surface area contributed by atoms with Crippen LogP contribution in [0.4, 0.5) is 5.69 Å². The lowest BCUT2D eigenvalue weighted by atomic mass is 10.0. The lowest BCUT2D eigenvalue weighted by Crippen LogP contribution is -2.44. The molecule has 29 heavy (non-hydrogen) atoms. The van der Waals surface area contributed by atoms with Crippen LogP contribution in [-0.2, 0) is 9.53 Å². The molecule has 2 aliphatic rings. The number of nitrogens with one attached hydrogen (secondary N) is 1. The number of carbonyl (C=O) groups excluding carboxylic acids is 1. The second kappa shape index (κ2) is 8.00. The van der Waals surface area contributed by atoms with Crippen LogP contribution in [-0.4, -0.2) is 31.7 Å². The molecule has 3 unspecified atom stereocenters. The average Bonchev–Trinajstić information content (AvgIpc) is 2.88. The van der Waals surface area contributed by atoms with Gasteiger partial charge in [0.25, 0.3) is 0 Å². The molecule has 0 spiro atoms. The van der Waals surface area contributed by atoms with E-state index < -0.39 is 18.5 Å². The molecule has 2 aromatic carbocycles. The predicted molar refractivity (Wildman–Crippen MR) is 109 cm³/mol. The SMILES string of the molecule is CCN=C1N=NC2c3ccccc3N(C(C)=O)C(c3ccc(OC)cc3)OC2N1. The maximum atomic E-state index is 12.7. The van der Waals surface area contributed by atoms with E-state index in [-0.39, 0.29) is 5.91 Å². The minimum absolute atomic E-state index is 0.128. The maximum Gasteiger partial charge on any atom is 0.239 e. The molecule has 0 fully saturated rings. The summed E-state index contributed by atoms with van der Waals surface area (Å²) in [5.41, 5.74) is 2.45. The zero-order valence-corrected chi connectivity index (χ0v) is 16.6. The summed E-state index contributed by atoms with van der Waals surface area (Å²) in [5.74, 6) is 1.03. The minimum atomic E-state index is -0.641. The van der Waals surface area contributed by atoms with Crippen molar-refractivity contribution < 1.29 is 14.3 Å². The molecule has 2 heterocycles. The number of para-hydroxylation sites is 1. The molecule has 0 aliphatic carbocycles. The number of rotatable bonds is 3. The first-order valence-electron chi connectivity index (χ1n) is 9.52. The largest absolute Gasteiger partial charge is 0.497 e. The zero-order chi connectivity index (χ0) is 20.4.